The molecule has 0 aromatic carbocycles. The Kier molecular flexibility index (Phi) is 3.64. The lowest BCUT2D eigenvalue weighted by molar-refractivity contribution is -0.112. The Labute approximate surface area is 109 Å². The molecule has 0 spiro atoms. The van der Waals surface area contributed by atoms with E-state index in [1.54, 1.807) is 4.90 Å². The van der Waals surface area contributed by atoms with Crippen LogP contribution in [0.25, 0.3) is 0 Å². The zero-order valence-corrected chi connectivity index (χ0v) is 11.5. The molecule has 0 unspecified atom stereocenters. The van der Waals surface area contributed by atoms with E-state index in [2.05, 4.69) is 0 Å². The Morgan fingerprint density at radius 1 is 1.28 bits per heavy atom. The Morgan fingerprint density at radius 3 is 2.56 bits per heavy atom. The average molecular weight is 253 g/mol. The van der Waals surface area contributed by atoms with Gasteiger partial charge in [0, 0.05) is 6.04 Å². The number of aldehydes is 1. The summed E-state index contributed by atoms with van der Waals surface area (Å²) in [6.07, 6.45) is 5.90. The van der Waals surface area contributed by atoms with Crippen LogP contribution in [0.1, 0.15) is 52.9 Å². The molecule has 0 N–H and O–H groups in total. The number of amides is 1. The molecule has 2 aliphatic rings. The van der Waals surface area contributed by atoms with Gasteiger partial charge in [-0.15, -0.1) is 0 Å². The van der Waals surface area contributed by atoms with E-state index in [1.807, 2.05) is 20.8 Å². The predicted molar refractivity (Wildman–Crippen MR) is 68.3 cm³/mol. The number of fused-ring (bicyclic) bond motifs is 1. The van der Waals surface area contributed by atoms with Crippen molar-refractivity contribution < 1.29 is 14.3 Å². The molecule has 1 saturated heterocycles. The van der Waals surface area contributed by atoms with Crippen molar-refractivity contribution in [2.45, 2.75) is 70.6 Å². The maximum Gasteiger partial charge on any atom is 0.411 e. The largest absolute Gasteiger partial charge is 0.444 e. The van der Waals surface area contributed by atoms with Gasteiger partial charge in [0.25, 0.3) is 0 Å². The molecule has 2 rings (SSSR count). The van der Waals surface area contributed by atoms with Crippen LogP contribution >= 0.6 is 0 Å². The highest BCUT2D eigenvalue weighted by Gasteiger charge is 2.45. The third kappa shape index (κ3) is 2.68. The molecule has 0 aromatic heterocycles. The molecule has 1 heterocycles. The molecule has 1 aliphatic carbocycles. The molecule has 0 aromatic rings. The Bertz CT molecular complexity index is 334. The van der Waals surface area contributed by atoms with Crippen molar-refractivity contribution >= 4 is 12.4 Å². The van der Waals surface area contributed by atoms with E-state index >= 15 is 0 Å². The summed E-state index contributed by atoms with van der Waals surface area (Å²) >= 11 is 0. The van der Waals surface area contributed by atoms with Crippen LogP contribution in [0.15, 0.2) is 0 Å². The van der Waals surface area contributed by atoms with Crippen molar-refractivity contribution in [1.82, 2.24) is 4.90 Å². The van der Waals surface area contributed by atoms with Gasteiger partial charge < -0.3 is 9.53 Å². The van der Waals surface area contributed by atoms with Crippen molar-refractivity contribution in [2.75, 3.05) is 0 Å². The van der Waals surface area contributed by atoms with Gasteiger partial charge in [-0.2, -0.15) is 0 Å². The first kappa shape index (κ1) is 13.4. The molecule has 3 atom stereocenters. The summed E-state index contributed by atoms with van der Waals surface area (Å²) in [5.41, 5.74) is -0.503. The monoisotopic (exact) mass is 253 g/mol. The van der Waals surface area contributed by atoms with Crippen molar-refractivity contribution in [1.29, 1.82) is 0 Å². The van der Waals surface area contributed by atoms with Gasteiger partial charge in [-0.05, 0) is 46.0 Å². The van der Waals surface area contributed by atoms with Crippen LogP contribution in [-0.2, 0) is 9.53 Å². The highest BCUT2D eigenvalue weighted by Crippen LogP contribution is 2.39. The van der Waals surface area contributed by atoms with E-state index in [0.29, 0.717) is 5.92 Å². The number of hydrogen-bond donors (Lipinski definition) is 0. The Hall–Kier alpha value is -1.06. The summed E-state index contributed by atoms with van der Waals surface area (Å²) in [5, 5.41) is 0. The van der Waals surface area contributed by atoms with Gasteiger partial charge in [-0.1, -0.05) is 12.8 Å². The van der Waals surface area contributed by atoms with E-state index in [9.17, 15) is 9.59 Å². The van der Waals surface area contributed by atoms with E-state index < -0.39 is 5.60 Å². The van der Waals surface area contributed by atoms with Crippen molar-refractivity contribution in [2.24, 2.45) is 5.92 Å². The molecular weight excluding hydrogens is 230 g/mol. The first-order valence-corrected chi connectivity index (χ1v) is 6.89. The number of ether oxygens (including phenoxy) is 1. The van der Waals surface area contributed by atoms with Gasteiger partial charge in [0.2, 0.25) is 0 Å². The Balaban J connectivity index is 2.12. The van der Waals surface area contributed by atoms with Crippen LogP contribution < -0.4 is 0 Å². The second kappa shape index (κ2) is 4.90. The summed E-state index contributed by atoms with van der Waals surface area (Å²) < 4.78 is 5.43. The molecule has 4 nitrogen and oxygen atoms in total. The number of carbonyl (C=O) groups excluding carboxylic acids is 2. The second-order valence-electron chi connectivity index (χ2n) is 6.44. The minimum atomic E-state index is -0.503. The van der Waals surface area contributed by atoms with Crippen LogP contribution in [0.5, 0.6) is 0 Å². The normalized spacial score (nSPS) is 31.9. The minimum Gasteiger partial charge on any atom is -0.444 e. The fourth-order valence-corrected chi connectivity index (χ4v) is 3.21. The third-order valence-corrected chi connectivity index (χ3v) is 3.89. The minimum absolute atomic E-state index is 0.212. The summed E-state index contributed by atoms with van der Waals surface area (Å²) in [6.45, 7) is 5.57. The van der Waals surface area contributed by atoms with Crippen molar-refractivity contribution in [3.05, 3.63) is 0 Å². The molecule has 1 saturated carbocycles. The number of hydrogen-bond acceptors (Lipinski definition) is 3. The molecule has 1 amide bonds. The average Bonchev–Trinajstić information content (AvgIpc) is 2.64. The third-order valence-electron chi connectivity index (χ3n) is 3.89. The fraction of sp³-hybridized carbons (Fsp3) is 0.857. The predicted octanol–water partition coefficient (Wildman–Crippen LogP) is 2.75. The van der Waals surface area contributed by atoms with Crippen LogP contribution in [0, 0.1) is 5.92 Å². The van der Waals surface area contributed by atoms with Gasteiger partial charge in [0.1, 0.15) is 11.9 Å². The van der Waals surface area contributed by atoms with E-state index in [0.717, 1.165) is 32.0 Å². The summed E-state index contributed by atoms with van der Waals surface area (Å²) in [7, 11) is 0. The molecule has 1 aliphatic heterocycles. The zero-order valence-electron chi connectivity index (χ0n) is 11.5. The lowest BCUT2D eigenvalue weighted by atomic mass is 9.85. The molecule has 0 radical (unpaired) electrons. The number of nitrogens with zero attached hydrogens (tertiary/aromatic N) is 1. The zero-order chi connectivity index (χ0) is 13.3. The molecular formula is C14H23NO3. The molecule has 4 heteroatoms. The van der Waals surface area contributed by atoms with Gasteiger partial charge in [-0.25, -0.2) is 4.79 Å². The molecule has 0 bridgehead atoms. The molecule has 2 fully saturated rings. The van der Waals surface area contributed by atoms with Gasteiger partial charge >= 0.3 is 6.09 Å². The highest BCUT2D eigenvalue weighted by atomic mass is 16.6. The van der Waals surface area contributed by atoms with Crippen molar-refractivity contribution in [3.63, 3.8) is 0 Å². The second-order valence-corrected chi connectivity index (χ2v) is 6.44. The lowest BCUT2D eigenvalue weighted by Gasteiger charge is -2.34. The maximum absolute atomic E-state index is 12.2. The topological polar surface area (TPSA) is 46.6 Å². The van der Waals surface area contributed by atoms with Crippen LogP contribution in [-0.4, -0.2) is 35.0 Å². The molecule has 102 valence electrons. The van der Waals surface area contributed by atoms with E-state index in [1.165, 1.54) is 6.42 Å². The van der Waals surface area contributed by atoms with Crippen LogP contribution in [0.4, 0.5) is 4.79 Å². The van der Waals surface area contributed by atoms with Gasteiger partial charge in [0.15, 0.2) is 0 Å². The first-order valence-electron chi connectivity index (χ1n) is 6.89. The van der Waals surface area contributed by atoms with E-state index in [-0.39, 0.29) is 18.2 Å². The standard InChI is InChI=1S/C14H23NO3/c1-14(2,3)18-13(17)15-11(9-16)8-10-6-4-5-7-12(10)15/h9-12H,4-8H2,1-3H3/t10-,11+,12-/m0/s1. The van der Waals surface area contributed by atoms with E-state index in [4.69, 9.17) is 4.74 Å². The smallest absolute Gasteiger partial charge is 0.411 e. The fourth-order valence-electron chi connectivity index (χ4n) is 3.21. The number of rotatable bonds is 1. The SMILES string of the molecule is CC(C)(C)OC(=O)N1[C@@H](C=O)C[C@@H]2CCCC[C@@H]21. The first-order chi connectivity index (χ1) is 8.42. The number of likely N-dealkylation sites (tertiary alicyclic amines) is 1. The van der Waals surface area contributed by atoms with Gasteiger partial charge in [-0.3, -0.25) is 4.90 Å². The summed E-state index contributed by atoms with van der Waals surface area (Å²) in [6, 6.07) is -0.0725. The summed E-state index contributed by atoms with van der Waals surface area (Å²) in [5.74, 6) is 0.487. The van der Waals surface area contributed by atoms with Crippen LogP contribution in [0.3, 0.4) is 0 Å². The quantitative estimate of drug-likeness (QED) is 0.675. The highest BCUT2D eigenvalue weighted by molar-refractivity contribution is 5.75. The van der Waals surface area contributed by atoms with Gasteiger partial charge in [0.05, 0.1) is 6.04 Å². The van der Waals surface area contributed by atoms with Crippen molar-refractivity contribution in [3.8, 4) is 0 Å². The maximum atomic E-state index is 12.2. The Morgan fingerprint density at radius 2 is 1.94 bits per heavy atom. The summed E-state index contributed by atoms with van der Waals surface area (Å²) in [4.78, 5) is 25.1. The number of carbonyl (C=O) groups is 2. The lowest BCUT2D eigenvalue weighted by Crippen LogP contribution is -2.46. The molecule has 18 heavy (non-hydrogen) atoms. The van der Waals surface area contributed by atoms with Crippen LogP contribution in [0.2, 0.25) is 0 Å².